The zero-order valence-corrected chi connectivity index (χ0v) is 15.9. The number of amides is 1. The fourth-order valence-electron chi connectivity index (χ4n) is 2.39. The van der Waals surface area contributed by atoms with Gasteiger partial charge in [0.1, 0.15) is 11.5 Å². The van der Waals surface area contributed by atoms with E-state index in [1.165, 1.54) is 0 Å². The van der Waals surface area contributed by atoms with Gasteiger partial charge in [0, 0.05) is 5.02 Å². The van der Waals surface area contributed by atoms with E-state index in [2.05, 4.69) is 5.32 Å². The van der Waals surface area contributed by atoms with Crippen molar-refractivity contribution in [2.45, 2.75) is 32.4 Å². The molecule has 0 aliphatic heterocycles. The van der Waals surface area contributed by atoms with Crippen LogP contribution in [0.15, 0.2) is 48.5 Å². The molecule has 2 rings (SSSR count). The van der Waals surface area contributed by atoms with Gasteiger partial charge in [0.25, 0.3) is 5.91 Å². The van der Waals surface area contributed by atoms with Gasteiger partial charge in [-0.25, -0.2) is 0 Å². The molecular weight excluding hydrogens is 370 g/mol. The molecule has 2 N–H and O–H groups in total. The van der Waals surface area contributed by atoms with E-state index in [4.69, 9.17) is 26.2 Å². The summed E-state index contributed by atoms with van der Waals surface area (Å²) in [4.78, 5) is 23.3. The molecule has 1 atom stereocenters. The highest BCUT2D eigenvalue weighted by molar-refractivity contribution is 6.30. The lowest BCUT2D eigenvalue weighted by molar-refractivity contribution is -0.137. The van der Waals surface area contributed by atoms with Crippen molar-refractivity contribution in [1.29, 1.82) is 0 Å². The second-order valence-corrected chi connectivity index (χ2v) is 6.63. The molecule has 2 aromatic rings. The summed E-state index contributed by atoms with van der Waals surface area (Å²) in [5.41, 5.74) is 0.674. The average molecular weight is 392 g/mol. The van der Waals surface area contributed by atoms with Crippen LogP contribution in [0.2, 0.25) is 5.02 Å². The lowest BCUT2D eigenvalue weighted by atomic mass is 10.0. The molecule has 1 amide bonds. The van der Waals surface area contributed by atoms with Gasteiger partial charge >= 0.3 is 5.97 Å². The zero-order chi connectivity index (χ0) is 19.8. The highest BCUT2D eigenvalue weighted by atomic mass is 35.5. The maximum absolute atomic E-state index is 12.2. The van der Waals surface area contributed by atoms with Crippen molar-refractivity contribution in [3.05, 3.63) is 59.1 Å². The van der Waals surface area contributed by atoms with Gasteiger partial charge in [-0.1, -0.05) is 23.7 Å². The predicted molar refractivity (Wildman–Crippen MR) is 102 cm³/mol. The number of carboxylic acids is 1. The molecule has 2 aromatic carbocycles. The molecular formula is C20H22ClNO5. The Morgan fingerprint density at radius 1 is 1.04 bits per heavy atom. The standard InChI is InChI=1S/C20H22ClNO5/c1-13(2)27-17-7-3-14(4-8-17)18(11-20(24)25)22-19(23)12-26-16-9-5-15(21)6-10-16/h3-10,13,18H,11-12H2,1-2H3,(H,22,23)(H,24,25)/t18-/m0/s1. The Bertz CT molecular complexity index is 759. The van der Waals surface area contributed by atoms with Crippen LogP contribution in [-0.4, -0.2) is 29.7 Å². The minimum Gasteiger partial charge on any atom is -0.491 e. The smallest absolute Gasteiger partial charge is 0.305 e. The highest BCUT2D eigenvalue weighted by Crippen LogP contribution is 2.21. The van der Waals surface area contributed by atoms with Crippen molar-refractivity contribution in [3.63, 3.8) is 0 Å². The second kappa shape index (κ2) is 9.83. The van der Waals surface area contributed by atoms with Crippen LogP contribution in [0, 0.1) is 0 Å². The van der Waals surface area contributed by atoms with Gasteiger partial charge in [-0.05, 0) is 55.8 Å². The number of carbonyl (C=O) groups excluding carboxylic acids is 1. The summed E-state index contributed by atoms with van der Waals surface area (Å²) in [6.45, 7) is 3.61. The third kappa shape index (κ3) is 7.19. The Morgan fingerprint density at radius 2 is 1.63 bits per heavy atom. The first-order valence-electron chi connectivity index (χ1n) is 8.49. The number of rotatable bonds is 9. The van der Waals surface area contributed by atoms with Crippen molar-refractivity contribution >= 4 is 23.5 Å². The van der Waals surface area contributed by atoms with Gasteiger partial charge in [0.2, 0.25) is 0 Å². The number of halogens is 1. The van der Waals surface area contributed by atoms with Crippen LogP contribution >= 0.6 is 11.6 Å². The highest BCUT2D eigenvalue weighted by Gasteiger charge is 2.18. The van der Waals surface area contributed by atoms with Crippen molar-refractivity contribution in [2.24, 2.45) is 0 Å². The summed E-state index contributed by atoms with van der Waals surface area (Å²) >= 11 is 5.80. The Morgan fingerprint density at radius 3 is 2.19 bits per heavy atom. The van der Waals surface area contributed by atoms with E-state index in [0.29, 0.717) is 22.1 Å². The van der Waals surface area contributed by atoms with Gasteiger partial charge < -0.3 is 19.9 Å². The molecule has 0 radical (unpaired) electrons. The van der Waals surface area contributed by atoms with Gasteiger partial charge in [-0.15, -0.1) is 0 Å². The molecule has 0 saturated heterocycles. The monoisotopic (exact) mass is 391 g/mol. The molecule has 7 heteroatoms. The quantitative estimate of drug-likeness (QED) is 0.678. The summed E-state index contributed by atoms with van der Waals surface area (Å²) in [6, 6.07) is 12.9. The van der Waals surface area contributed by atoms with Gasteiger partial charge in [-0.3, -0.25) is 9.59 Å². The van der Waals surface area contributed by atoms with E-state index in [-0.39, 0.29) is 19.1 Å². The van der Waals surface area contributed by atoms with Crippen LogP contribution < -0.4 is 14.8 Å². The minimum atomic E-state index is -1.01. The molecule has 0 fully saturated rings. The molecule has 0 unspecified atom stereocenters. The molecule has 0 aliphatic carbocycles. The maximum Gasteiger partial charge on any atom is 0.305 e. The van der Waals surface area contributed by atoms with Crippen LogP contribution in [0.5, 0.6) is 11.5 Å². The molecule has 6 nitrogen and oxygen atoms in total. The summed E-state index contributed by atoms with van der Waals surface area (Å²) in [5.74, 6) is -0.250. The molecule has 0 bridgehead atoms. The number of aliphatic carboxylic acids is 1. The lowest BCUT2D eigenvalue weighted by Crippen LogP contribution is -2.33. The molecule has 0 aliphatic rings. The molecule has 0 saturated carbocycles. The third-order valence-corrected chi connectivity index (χ3v) is 3.80. The summed E-state index contributed by atoms with van der Waals surface area (Å²) < 4.78 is 11.0. The average Bonchev–Trinajstić information content (AvgIpc) is 2.60. The van der Waals surface area contributed by atoms with Crippen molar-refractivity contribution in [3.8, 4) is 11.5 Å². The number of benzene rings is 2. The fourth-order valence-corrected chi connectivity index (χ4v) is 2.52. The Balaban J connectivity index is 1.99. The van der Waals surface area contributed by atoms with Gasteiger partial charge in [-0.2, -0.15) is 0 Å². The van der Waals surface area contributed by atoms with E-state index in [1.807, 2.05) is 13.8 Å². The normalized spacial score (nSPS) is 11.7. The summed E-state index contributed by atoms with van der Waals surface area (Å²) in [6.07, 6.45) is -0.202. The predicted octanol–water partition coefficient (Wildman–Crippen LogP) is 3.84. The zero-order valence-electron chi connectivity index (χ0n) is 15.1. The maximum atomic E-state index is 12.2. The number of carboxylic acid groups (broad SMARTS) is 1. The van der Waals surface area contributed by atoms with E-state index in [9.17, 15) is 9.59 Å². The van der Waals surface area contributed by atoms with Crippen molar-refractivity contribution in [2.75, 3.05) is 6.61 Å². The molecule has 27 heavy (non-hydrogen) atoms. The Hall–Kier alpha value is -2.73. The Labute approximate surface area is 163 Å². The van der Waals surface area contributed by atoms with E-state index < -0.39 is 17.9 Å². The first-order chi connectivity index (χ1) is 12.8. The molecule has 0 heterocycles. The SMILES string of the molecule is CC(C)Oc1ccc([C@H](CC(=O)O)NC(=O)COc2ccc(Cl)cc2)cc1. The number of ether oxygens (including phenoxy) is 2. The van der Waals surface area contributed by atoms with Crippen molar-refractivity contribution < 1.29 is 24.2 Å². The molecule has 0 aromatic heterocycles. The fraction of sp³-hybridized carbons (Fsp3) is 0.300. The first-order valence-corrected chi connectivity index (χ1v) is 8.87. The third-order valence-electron chi connectivity index (χ3n) is 3.55. The van der Waals surface area contributed by atoms with E-state index in [1.54, 1.807) is 48.5 Å². The van der Waals surface area contributed by atoms with Crippen LogP contribution in [0.4, 0.5) is 0 Å². The van der Waals surface area contributed by atoms with Crippen molar-refractivity contribution in [1.82, 2.24) is 5.32 Å². The number of hydrogen-bond acceptors (Lipinski definition) is 4. The van der Waals surface area contributed by atoms with Crippen LogP contribution in [0.1, 0.15) is 31.9 Å². The Kier molecular flexibility index (Phi) is 7.49. The minimum absolute atomic E-state index is 0.0374. The first kappa shape index (κ1) is 20.6. The van der Waals surface area contributed by atoms with Gasteiger partial charge in [0.05, 0.1) is 18.6 Å². The topological polar surface area (TPSA) is 84.9 Å². The lowest BCUT2D eigenvalue weighted by Gasteiger charge is -2.18. The van der Waals surface area contributed by atoms with E-state index in [0.717, 1.165) is 0 Å². The molecule has 0 spiro atoms. The summed E-state index contributed by atoms with van der Waals surface area (Å²) in [7, 11) is 0. The van der Waals surface area contributed by atoms with Gasteiger partial charge in [0.15, 0.2) is 6.61 Å². The van der Waals surface area contributed by atoms with Crippen LogP contribution in [0.25, 0.3) is 0 Å². The molecule has 144 valence electrons. The number of carbonyl (C=O) groups is 2. The largest absolute Gasteiger partial charge is 0.491 e. The van der Waals surface area contributed by atoms with E-state index >= 15 is 0 Å². The number of nitrogens with one attached hydrogen (secondary N) is 1. The second-order valence-electron chi connectivity index (χ2n) is 6.20. The van der Waals surface area contributed by atoms with Crippen LogP contribution in [0.3, 0.4) is 0 Å². The summed E-state index contributed by atoms with van der Waals surface area (Å²) in [5, 5.41) is 12.4. The number of hydrogen-bond donors (Lipinski definition) is 2. The van der Waals surface area contributed by atoms with Crippen LogP contribution in [-0.2, 0) is 9.59 Å².